The molecule has 12 heavy (non-hydrogen) atoms. The van der Waals surface area contributed by atoms with Gasteiger partial charge in [0.05, 0.1) is 6.10 Å². The summed E-state index contributed by atoms with van der Waals surface area (Å²) in [5.41, 5.74) is 0.127. The van der Waals surface area contributed by atoms with Crippen LogP contribution in [0.15, 0.2) is 0 Å². The lowest BCUT2D eigenvalue weighted by atomic mass is 9.79. The van der Waals surface area contributed by atoms with Crippen LogP contribution in [0.25, 0.3) is 0 Å². The number of hydrogen-bond acceptors (Lipinski definition) is 1. The van der Waals surface area contributed by atoms with Crippen molar-refractivity contribution < 1.29 is 5.11 Å². The van der Waals surface area contributed by atoms with Crippen molar-refractivity contribution in [1.29, 1.82) is 0 Å². The van der Waals surface area contributed by atoms with Crippen molar-refractivity contribution in [3.63, 3.8) is 0 Å². The summed E-state index contributed by atoms with van der Waals surface area (Å²) in [5, 5.41) is 11.5. The lowest BCUT2D eigenvalue weighted by Gasteiger charge is -2.52. The fraction of sp³-hybridized carbons (Fsp3) is 1.00. The van der Waals surface area contributed by atoms with E-state index in [1.54, 1.807) is 0 Å². The first kappa shape index (κ1) is 10.0. The molecule has 1 heterocycles. The van der Waals surface area contributed by atoms with Crippen LogP contribution >= 0.6 is 0 Å². The average molecular weight is 170 g/mol. The molecule has 0 bridgehead atoms. The lowest BCUT2D eigenvalue weighted by Crippen LogP contribution is -2.59. The van der Waals surface area contributed by atoms with E-state index in [2.05, 4.69) is 39.6 Å². The highest BCUT2D eigenvalue weighted by Gasteiger charge is 2.42. The highest BCUT2D eigenvalue weighted by atomic mass is 16.3. The van der Waals surface area contributed by atoms with Crippen molar-refractivity contribution in [2.75, 3.05) is 7.05 Å². The molecule has 0 saturated carbocycles. The molecule has 0 amide bonds. The van der Waals surface area contributed by atoms with Crippen LogP contribution in [0.4, 0.5) is 0 Å². The normalized spacial score (nSPS) is 30.5. The zero-order valence-electron chi connectivity index (χ0n) is 8.85. The largest absolute Gasteiger partial charge is 0.296 e. The van der Waals surface area contributed by atoms with Crippen molar-refractivity contribution in [2.45, 2.75) is 57.7 Å². The summed E-state index contributed by atoms with van der Waals surface area (Å²) in [6.45, 7) is 8.61. The Bertz CT molecular complexity index is 157. The molecule has 0 aromatic heterocycles. The molecule has 1 saturated heterocycles. The molecule has 0 spiro atoms. The SMILES string of the molecule is CN1C(C)(C)CC([O])CC1(C)C. The fourth-order valence-electron chi connectivity index (χ4n) is 2.28. The number of hydrogen-bond donors (Lipinski definition) is 0. The van der Waals surface area contributed by atoms with E-state index in [4.69, 9.17) is 0 Å². The Hall–Kier alpha value is -0.0800. The van der Waals surface area contributed by atoms with Crippen molar-refractivity contribution in [2.24, 2.45) is 0 Å². The highest BCUT2D eigenvalue weighted by molar-refractivity contribution is 4.98. The molecule has 1 fully saturated rings. The molecule has 2 nitrogen and oxygen atoms in total. The second kappa shape index (κ2) is 2.71. The van der Waals surface area contributed by atoms with Gasteiger partial charge in [-0.05, 0) is 47.6 Å². The minimum atomic E-state index is -0.383. The van der Waals surface area contributed by atoms with Gasteiger partial charge in [-0.1, -0.05) is 0 Å². The van der Waals surface area contributed by atoms with Crippen molar-refractivity contribution in [3.8, 4) is 0 Å². The van der Waals surface area contributed by atoms with Crippen LogP contribution in [0.5, 0.6) is 0 Å². The second-order valence-corrected chi connectivity index (χ2v) is 5.21. The fourth-order valence-corrected chi connectivity index (χ4v) is 2.28. The lowest BCUT2D eigenvalue weighted by molar-refractivity contribution is -0.0869. The van der Waals surface area contributed by atoms with Gasteiger partial charge < -0.3 is 0 Å². The number of likely N-dealkylation sites (tertiary alicyclic amines) is 1. The van der Waals surface area contributed by atoms with Crippen molar-refractivity contribution >= 4 is 0 Å². The van der Waals surface area contributed by atoms with Crippen molar-refractivity contribution in [3.05, 3.63) is 0 Å². The predicted octanol–water partition coefficient (Wildman–Crippen LogP) is 2.07. The summed E-state index contributed by atoms with van der Waals surface area (Å²) in [6.07, 6.45) is 1.16. The topological polar surface area (TPSA) is 23.1 Å². The molecule has 0 aliphatic carbocycles. The summed E-state index contributed by atoms with van der Waals surface area (Å²) in [7, 11) is 2.12. The van der Waals surface area contributed by atoms with Gasteiger partial charge >= 0.3 is 0 Å². The van der Waals surface area contributed by atoms with E-state index in [1.807, 2.05) is 0 Å². The quantitative estimate of drug-likeness (QED) is 0.546. The molecule has 0 aromatic rings. The van der Waals surface area contributed by atoms with Gasteiger partial charge in [-0.2, -0.15) is 0 Å². The minimum Gasteiger partial charge on any atom is -0.296 e. The molecule has 2 heteroatoms. The first-order chi connectivity index (χ1) is 5.26. The van der Waals surface area contributed by atoms with Gasteiger partial charge in [0.15, 0.2) is 0 Å². The van der Waals surface area contributed by atoms with E-state index in [9.17, 15) is 5.11 Å². The summed E-state index contributed by atoms with van der Waals surface area (Å²) >= 11 is 0. The Kier molecular flexibility index (Phi) is 2.26. The van der Waals surface area contributed by atoms with E-state index in [0.29, 0.717) is 0 Å². The van der Waals surface area contributed by atoms with Crippen LogP contribution in [0.1, 0.15) is 40.5 Å². The Morgan fingerprint density at radius 2 is 1.42 bits per heavy atom. The Morgan fingerprint density at radius 3 is 1.75 bits per heavy atom. The predicted molar refractivity (Wildman–Crippen MR) is 49.6 cm³/mol. The van der Waals surface area contributed by atoms with Gasteiger partial charge in [0.1, 0.15) is 0 Å². The average Bonchev–Trinajstić information content (AvgIpc) is 1.80. The minimum absolute atomic E-state index is 0.0637. The highest BCUT2D eigenvalue weighted by Crippen LogP contribution is 2.36. The Balaban J connectivity index is 2.84. The van der Waals surface area contributed by atoms with E-state index in [-0.39, 0.29) is 17.2 Å². The summed E-state index contributed by atoms with van der Waals surface area (Å²) in [5.74, 6) is 0. The van der Waals surface area contributed by atoms with E-state index in [0.717, 1.165) is 12.8 Å². The number of rotatable bonds is 0. The molecule has 1 rings (SSSR count). The standard InChI is InChI=1S/C10H20NO/c1-9(2)6-8(12)7-10(3,4)11(9)5/h8H,6-7H2,1-5H3. The molecular weight excluding hydrogens is 150 g/mol. The molecule has 1 aliphatic rings. The van der Waals surface area contributed by atoms with Gasteiger partial charge in [-0.3, -0.25) is 4.90 Å². The molecular formula is C10H20NO. The first-order valence-electron chi connectivity index (χ1n) is 4.65. The molecule has 0 unspecified atom stereocenters. The maximum absolute atomic E-state index is 11.5. The summed E-state index contributed by atoms with van der Waals surface area (Å²) < 4.78 is 0. The van der Waals surface area contributed by atoms with Crippen LogP contribution in [0.2, 0.25) is 0 Å². The van der Waals surface area contributed by atoms with Gasteiger partial charge in [-0.25, -0.2) is 5.11 Å². The number of nitrogens with zero attached hydrogens (tertiary/aromatic N) is 1. The van der Waals surface area contributed by atoms with Crippen LogP contribution in [-0.4, -0.2) is 29.1 Å². The van der Waals surface area contributed by atoms with Crippen LogP contribution in [0.3, 0.4) is 0 Å². The molecule has 1 aliphatic heterocycles. The van der Waals surface area contributed by atoms with E-state index >= 15 is 0 Å². The van der Waals surface area contributed by atoms with Crippen molar-refractivity contribution in [1.82, 2.24) is 4.90 Å². The summed E-state index contributed by atoms with van der Waals surface area (Å²) in [4.78, 5) is 2.33. The van der Waals surface area contributed by atoms with Crippen LogP contribution in [-0.2, 0) is 5.11 Å². The van der Waals surface area contributed by atoms with Crippen LogP contribution in [0, 0.1) is 0 Å². The monoisotopic (exact) mass is 170 g/mol. The zero-order valence-corrected chi connectivity index (χ0v) is 8.85. The van der Waals surface area contributed by atoms with Gasteiger partial charge in [0.25, 0.3) is 0 Å². The smallest absolute Gasteiger partial charge is 0.0964 e. The first-order valence-corrected chi connectivity index (χ1v) is 4.65. The van der Waals surface area contributed by atoms with E-state index < -0.39 is 0 Å². The van der Waals surface area contributed by atoms with Gasteiger partial charge in [0.2, 0.25) is 0 Å². The maximum atomic E-state index is 11.5. The summed E-state index contributed by atoms with van der Waals surface area (Å²) in [6, 6.07) is 0. The third-order valence-corrected chi connectivity index (χ3v) is 3.27. The second-order valence-electron chi connectivity index (χ2n) is 5.21. The van der Waals surface area contributed by atoms with Gasteiger partial charge in [-0.15, -0.1) is 0 Å². The molecule has 1 radical (unpaired) electrons. The van der Waals surface area contributed by atoms with E-state index in [1.165, 1.54) is 0 Å². The Morgan fingerprint density at radius 1 is 1.08 bits per heavy atom. The molecule has 71 valence electrons. The van der Waals surface area contributed by atoms with Crippen LogP contribution < -0.4 is 0 Å². The molecule has 0 aromatic carbocycles. The maximum Gasteiger partial charge on any atom is 0.0964 e. The molecule has 0 N–H and O–H groups in total. The third-order valence-electron chi connectivity index (χ3n) is 3.27. The third kappa shape index (κ3) is 1.64. The molecule has 0 atom stereocenters. The Labute approximate surface area is 75.6 Å². The zero-order chi connectivity index (χ0) is 9.57. The number of piperidine rings is 1. The van der Waals surface area contributed by atoms with Gasteiger partial charge in [0, 0.05) is 11.1 Å².